The number of carboxylic acids is 1. The minimum Gasteiger partial charge on any atom is -0.481 e. The Kier molecular flexibility index (Phi) is 5.97. The Morgan fingerprint density at radius 1 is 1.32 bits per heavy atom. The number of amides is 2. The zero-order valence-electron chi connectivity index (χ0n) is 14.3. The van der Waals surface area contributed by atoms with Crippen LogP contribution in [-0.2, 0) is 14.4 Å². The smallest absolute Gasteiger partial charge is 0.308 e. The van der Waals surface area contributed by atoms with E-state index in [4.69, 9.17) is 5.11 Å². The van der Waals surface area contributed by atoms with Crippen LogP contribution in [0.3, 0.4) is 0 Å². The highest BCUT2D eigenvalue weighted by molar-refractivity contribution is 5.84. The second-order valence-corrected chi connectivity index (χ2v) is 7.30. The average molecular weight is 312 g/mol. The molecule has 0 aromatic heterocycles. The number of carboxylic acid groups (broad SMARTS) is 1. The Morgan fingerprint density at radius 2 is 1.91 bits per heavy atom. The number of aliphatic carboxylic acids is 1. The summed E-state index contributed by atoms with van der Waals surface area (Å²) in [5.41, 5.74) is -0.450. The summed E-state index contributed by atoms with van der Waals surface area (Å²) in [4.78, 5) is 39.0. The van der Waals surface area contributed by atoms with Crippen molar-refractivity contribution >= 4 is 17.8 Å². The number of hydrogen-bond donors (Lipinski definition) is 1. The largest absolute Gasteiger partial charge is 0.481 e. The van der Waals surface area contributed by atoms with Gasteiger partial charge in [-0.1, -0.05) is 27.7 Å². The molecule has 6 heteroatoms. The molecule has 0 aromatic rings. The highest BCUT2D eigenvalue weighted by Crippen LogP contribution is 2.24. The lowest BCUT2D eigenvalue weighted by Gasteiger charge is -2.37. The lowest BCUT2D eigenvalue weighted by atomic mass is 9.90. The Labute approximate surface area is 132 Å². The van der Waals surface area contributed by atoms with Gasteiger partial charge in [-0.3, -0.25) is 14.4 Å². The van der Waals surface area contributed by atoms with E-state index in [1.165, 1.54) is 4.90 Å². The number of nitrogens with zero attached hydrogens (tertiary/aromatic N) is 2. The summed E-state index contributed by atoms with van der Waals surface area (Å²) in [5, 5.41) is 8.94. The maximum Gasteiger partial charge on any atom is 0.308 e. The third kappa shape index (κ3) is 4.71. The van der Waals surface area contributed by atoms with Crippen LogP contribution in [0.5, 0.6) is 0 Å². The Morgan fingerprint density at radius 3 is 2.41 bits per heavy atom. The number of rotatable bonds is 4. The second kappa shape index (κ2) is 7.11. The van der Waals surface area contributed by atoms with Gasteiger partial charge in [-0.05, 0) is 12.8 Å². The Balaban J connectivity index is 2.66. The molecule has 1 aliphatic rings. The summed E-state index contributed by atoms with van der Waals surface area (Å²) in [5.74, 6) is -1.74. The first kappa shape index (κ1) is 18.5. The summed E-state index contributed by atoms with van der Waals surface area (Å²) in [6, 6.07) is 0. The maximum atomic E-state index is 12.5. The number of carbonyl (C=O) groups excluding carboxylic acids is 2. The molecule has 0 spiro atoms. The fourth-order valence-electron chi connectivity index (χ4n) is 2.73. The Hall–Kier alpha value is -1.59. The third-order valence-electron chi connectivity index (χ3n) is 4.04. The molecular formula is C16H28N2O4. The van der Waals surface area contributed by atoms with Crippen LogP contribution in [0.4, 0.5) is 0 Å². The molecule has 0 aliphatic carbocycles. The molecule has 1 saturated heterocycles. The van der Waals surface area contributed by atoms with E-state index in [-0.39, 0.29) is 24.3 Å². The molecule has 2 unspecified atom stereocenters. The second-order valence-electron chi connectivity index (χ2n) is 7.30. The predicted octanol–water partition coefficient (Wildman–Crippen LogP) is 1.45. The first-order valence-corrected chi connectivity index (χ1v) is 7.81. The van der Waals surface area contributed by atoms with Crippen LogP contribution in [-0.4, -0.2) is 59.4 Å². The van der Waals surface area contributed by atoms with E-state index in [1.807, 2.05) is 20.8 Å². The van der Waals surface area contributed by atoms with Gasteiger partial charge < -0.3 is 14.9 Å². The van der Waals surface area contributed by atoms with E-state index in [0.29, 0.717) is 13.1 Å². The van der Waals surface area contributed by atoms with Crippen LogP contribution in [0.25, 0.3) is 0 Å². The van der Waals surface area contributed by atoms with Gasteiger partial charge in [-0.25, -0.2) is 0 Å². The summed E-state index contributed by atoms with van der Waals surface area (Å²) in [7, 11) is 1.63. The van der Waals surface area contributed by atoms with Gasteiger partial charge in [-0.15, -0.1) is 0 Å². The van der Waals surface area contributed by atoms with Crippen molar-refractivity contribution in [1.82, 2.24) is 9.80 Å². The van der Waals surface area contributed by atoms with Crippen molar-refractivity contribution in [3.05, 3.63) is 0 Å². The number of hydrogen-bond acceptors (Lipinski definition) is 3. The standard InChI is InChI=1S/C16H28N2O4/c1-11(14(20)21)9-17(5)13(19)12-7-6-8-18(10-12)15(22)16(2,3)4/h11-12H,6-10H2,1-5H3,(H,20,21). The van der Waals surface area contributed by atoms with E-state index >= 15 is 0 Å². The summed E-state index contributed by atoms with van der Waals surface area (Å²) < 4.78 is 0. The van der Waals surface area contributed by atoms with Crippen molar-refractivity contribution in [2.75, 3.05) is 26.7 Å². The molecule has 1 N–H and O–H groups in total. The number of piperidine rings is 1. The summed E-state index contributed by atoms with van der Waals surface area (Å²) in [6.07, 6.45) is 1.55. The van der Waals surface area contributed by atoms with Gasteiger partial charge in [-0.2, -0.15) is 0 Å². The lowest BCUT2D eigenvalue weighted by Crippen LogP contribution is -2.49. The van der Waals surface area contributed by atoms with Gasteiger partial charge in [0.05, 0.1) is 11.8 Å². The molecule has 126 valence electrons. The highest BCUT2D eigenvalue weighted by Gasteiger charge is 2.34. The molecule has 2 atom stereocenters. The first-order chi connectivity index (χ1) is 10.0. The van der Waals surface area contributed by atoms with Crippen LogP contribution in [0.15, 0.2) is 0 Å². The van der Waals surface area contributed by atoms with E-state index in [2.05, 4.69) is 0 Å². The number of likely N-dealkylation sites (tertiary alicyclic amines) is 1. The van der Waals surface area contributed by atoms with Crippen molar-refractivity contribution in [3.8, 4) is 0 Å². The average Bonchev–Trinajstić information content (AvgIpc) is 2.44. The third-order valence-corrected chi connectivity index (χ3v) is 4.04. The molecule has 6 nitrogen and oxygen atoms in total. The van der Waals surface area contributed by atoms with Crippen LogP contribution in [0, 0.1) is 17.3 Å². The van der Waals surface area contributed by atoms with Crippen LogP contribution >= 0.6 is 0 Å². The quantitative estimate of drug-likeness (QED) is 0.852. The van der Waals surface area contributed by atoms with Crippen LogP contribution in [0.2, 0.25) is 0 Å². The zero-order valence-corrected chi connectivity index (χ0v) is 14.3. The van der Waals surface area contributed by atoms with Crippen molar-refractivity contribution in [2.45, 2.75) is 40.5 Å². The van der Waals surface area contributed by atoms with Crippen molar-refractivity contribution in [2.24, 2.45) is 17.3 Å². The molecule has 1 aliphatic heterocycles. The predicted molar refractivity (Wildman–Crippen MR) is 83.2 cm³/mol. The van der Waals surface area contributed by atoms with Gasteiger partial charge >= 0.3 is 5.97 Å². The topological polar surface area (TPSA) is 77.9 Å². The Bertz CT molecular complexity index is 442. The monoisotopic (exact) mass is 312 g/mol. The van der Waals surface area contributed by atoms with Crippen molar-refractivity contribution in [3.63, 3.8) is 0 Å². The fraction of sp³-hybridized carbons (Fsp3) is 0.812. The molecular weight excluding hydrogens is 284 g/mol. The van der Waals surface area contributed by atoms with Gasteiger partial charge in [0.15, 0.2) is 0 Å². The maximum absolute atomic E-state index is 12.5. The molecule has 2 amide bonds. The van der Waals surface area contributed by atoms with Crippen LogP contribution < -0.4 is 0 Å². The van der Waals surface area contributed by atoms with Gasteiger partial charge in [0.25, 0.3) is 0 Å². The van der Waals surface area contributed by atoms with E-state index in [9.17, 15) is 14.4 Å². The minimum atomic E-state index is -0.909. The van der Waals surface area contributed by atoms with E-state index in [0.717, 1.165) is 12.8 Å². The highest BCUT2D eigenvalue weighted by atomic mass is 16.4. The van der Waals surface area contributed by atoms with Gasteiger partial charge in [0.1, 0.15) is 0 Å². The van der Waals surface area contributed by atoms with Crippen molar-refractivity contribution in [1.29, 1.82) is 0 Å². The minimum absolute atomic E-state index is 0.0616. The molecule has 1 rings (SSSR count). The summed E-state index contributed by atoms with van der Waals surface area (Å²) >= 11 is 0. The van der Waals surface area contributed by atoms with E-state index in [1.54, 1.807) is 18.9 Å². The van der Waals surface area contributed by atoms with Gasteiger partial charge in [0.2, 0.25) is 11.8 Å². The van der Waals surface area contributed by atoms with Gasteiger partial charge in [0, 0.05) is 32.1 Å². The molecule has 1 heterocycles. The number of carbonyl (C=O) groups is 3. The molecule has 0 saturated carbocycles. The molecule has 1 fully saturated rings. The normalized spacial score (nSPS) is 20.4. The van der Waals surface area contributed by atoms with Crippen molar-refractivity contribution < 1.29 is 19.5 Å². The molecule has 22 heavy (non-hydrogen) atoms. The lowest BCUT2D eigenvalue weighted by molar-refractivity contribution is -0.146. The molecule has 0 bridgehead atoms. The fourth-order valence-corrected chi connectivity index (χ4v) is 2.73. The molecule has 0 aromatic carbocycles. The summed E-state index contributed by atoms with van der Waals surface area (Å²) in [6.45, 7) is 8.53. The SMILES string of the molecule is CC(CN(C)C(=O)C1CCCN(C(=O)C(C)(C)C)C1)C(=O)O. The molecule has 0 radical (unpaired) electrons. The zero-order chi connectivity index (χ0) is 17.1. The van der Waals surface area contributed by atoms with E-state index < -0.39 is 17.3 Å². The van der Waals surface area contributed by atoms with Crippen LogP contribution in [0.1, 0.15) is 40.5 Å². The first-order valence-electron chi connectivity index (χ1n) is 7.81.